The first-order chi connectivity index (χ1) is 11.7. The average Bonchev–Trinajstić information content (AvgIpc) is 3.02. The molecule has 0 spiro atoms. The molecule has 1 aliphatic carbocycles. The number of amides is 1. The number of carbonyl (C=O) groups is 1. The molecule has 0 aromatic heterocycles. The highest BCUT2D eigenvalue weighted by Gasteiger charge is 2.16. The van der Waals surface area contributed by atoms with Crippen molar-refractivity contribution < 1.29 is 13.2 Å². The quantitative estimate of drug-likeness (QED) is 0.695. The molecule has 2 N–H and O–H groups in total. The minimum Gasteiger partial charge on any atom is -0.326 e. The highest BCUT2D eigenvalue weighted by molar-refractivity contribution is 7.90. The Bertz CT molecular complexity index is 780. The number of fused-ring (bicyclic) bond motifs is 1. The van der Waals surface area contributed by atoms with E-state index in [1.54, 1.807) is 13.8 Å². The van der Waals surface area contributed by atoms with E-state index in [9.17, 15) is 13.2 Å². The van der Waals surface area contributed by atoms with E-state index in [1.165, 1.54) is 16.7 Å². The van der Waals surface area contributed by atoms with Crippen molar-refractivity contribution in [3.63, 3.8) is 0 Å². The number of carbonyl (C=O) groups excluding carboxylic acids is 1. The van der Waals surface area contributed by atoms with Crippen LogP contribution in [0.2, 0.25) is 0 Å². The molecule has 0 saturated carbocycles. The van der Waals surface area contributed by atoms with E-state index in [0.717, 1.165) is 17.7 Å². The smallest absolute Gasteiger partial charge is 0.224 e. The van der Waals surface area contributed by atoms with Gasteiger partial charge < -0.3 is 5.32 Å². The summed E-state index contributed by atoms with van der Waals surface area (Å²) in [6.07, 6.45) is 6.89. The molecule has 0 heterocycles. The summed E-state index contributed by atoms with van der Waals surface area (Å²) in [4.78, 5) is 12.2. The molecule has 0 atom stereocenters. The van der Waals surface area contributed by atoms with Gasteiger partial charge in [0.25, 0.3) is 0 Å². The van der Waals surface area contributed by atoms with Crippen LogP contribution in [0.4, 0.5) is 5.69 Å². The third-order valence-electron chi connectivity index (χ3n) is 4.60. The van der Waals surface area contributed by atoms with Crippen LogP contribution in [0.25, 0.3) is 6.08 Å². The number of aryl methyl sites for hydroxylation is 1. The fourth-order valence-electron chi connectivity index (χ4n) is 2.93. The largest absolute Gasteiger partial charge is 0.326 e. The molecule has 5 nitrogen and oxygen atoms in total. The fourth-order valence-corrected chi connectivity index (χ4v) is 3.69. The Labute approximate surface area is 151 Å². The highest BCUT2D eigenvalue weighted by Crippen LogP contribution is 2.31. The molecule has 0 unspecified atom stereocenters. The van der Waals surface area contributed by atoms with Crippen LogP contribution in [-0.2, 0) is 21.2 Å². The number of unbranched alkanes of at least 4 members (excludes halogenated alkanes) is 1. The van der Waals surface area contributed by atoms with Crippen molar-refractivity contribution in [2.24, 2.45) is 0 Å². The summed E-state index contributed by atoms with van der Waals surface area (Å²) in [7, 11) is -3.22. The lowest BCUT2D eigenvalue weighted by molar-refractivity contribution is -0.116. The standard InChI is InChI=1S/C19H28N2O3S/c1-13(2)25(23,24)20-11-6-5-10-19(22)21-18-12-14(3)16-8-7-9-17(16)15(18)4/h7-8,12-13,20H,5-6,9-11H2,1-4H3,(H,21,22). The topological polar surface area (TPSA) is 75.3 Å². The third-order valence-corrected chi connectivity index (χ3v) is 6.45. The molecule has 1 aromatic rings. The van der Waals surface area contributed by atoms with Crippen LogP contribution in [0.3, 0.4) is 0 Å². The van der Waals surface area contributed by atoms with Gasteiger partial charge in [-0.1, -0.05) is 12.2 Å². The number of sulfonamides is 1. The molecular weight excluding hydrogens is 336 g/mol. The Kier molecular flexibility index (Phi) is 6.41. The van der Waals surface area contributed by atoms with E-state index in [-0.39, 0.29) is 5.91 Å². The van der Waals surface area contributed by atoms with Gasteiger partial charge in [-0.3, -0.25) is 4.79 Å². The van der Waals surface area contributed by atoms with Gasteiger partial charge in [0, 0.05) is 18.7 Å². The Balaban J connectivity index is 1.81. The van der Waals surface area contributed by atoms with Gasteiger partial charge in [-0.05, 0) is 75.3 Å². The molecule has 0 bridgehead atoms. The molecule has 1 aliphatic rings. The minimum atomic E-state index is -3.22. The second-order valence-electron chi connectivity index (χ2n) is 6.86. The van der Waals surface area contributed by atoms with Crippen molar-refractivity contribution >= 4 is 27.7 Å². The number of hydrogen-bond acceptors (Lipinski definition) is 3. The summed E-state index contributed by atoms with van der Waals surface area (Å²) in [5, 5.41) is 2.57. The summed E-state index contributed by atoms with van der Waals surface area (Å²) in [5.41, 5.74) is 5.74. The second kappa shape index (κ2) is 8.15. The number of nitrogens with one attached hydrogen (secondary N) is 2. The zero-order valence-corrected chi connectivity index (χ0v) is 16.3. The molecule has 0 aliphatic heterocycles. The zero-order chi connectivity index (χ0) is 18.6. The molecule has 2 rings (SSSR count). The monoisotopic (exact) mass is 364 g/mol. The fraction of sp³-hybridized carbons (Fsp3) is 0.526. The van der Waals surface area contributed by atoms with Crippen molar-refractivity contribution in [1.82, 2.24) is 4.72 Å². The van der Waals surface area contributed by atoms with Gasteiger partial charge in [-0.2, -0.15) is 0 Å². The van der Waals surface area contributed by atoms with Gasteiger partial charge in [0.1, 0.15) is 0 Å². The van der Waals surface area contributed by atoms with Crippen LogP contribution in [-0.4, -0.2) is 26.1 Å². The van der Waals surface area contributed by atoms with Gasteiger partial charge in [0.05, 0.1) is 5.25 Å². The van der Waals surface area contributed by atoms with Gasteiger partial charge >= 0.3 is 0 Å². The molecule has 1 amide bonds. The summed E-state index contributed by atoms with van der Waals surface area (Å²) in [6, 6.07) is 2.03. The summed E-state index contributed by atoms with van der Waals surface area (Å²) >= 11 is 0. The molecule has 1 aromatic carbocycles. The van der Waals surface area contributed by atoms with E-state index >= 15 is 0 Å². The highest BCUT2D eigenvalue weighted by atomic mass is 32.2. The van der Waals surface area contributed by atoms with Crippen molar-refractivity contribution in [2.75, 3.05) is 11.9 Å². The van der Waals surface area contributed by atoms with Crippen molar-refractivity contribution in [1.29, 1.82) is 0 Å². The van der Waals surface area contributed by atoms with Crippen molar-refractivity contribution in [3.05, 3.63) is 34.4 Å². The van der Waals surface area contributed by atoms with E-state index in [2.05, 4.69) is 29.1 Å². The lowest BCUT2D eigenvalue weighted by atomic mass is 9.97. The van der Waals surface area contributed by atoms with E-state index in [0.29, 0.717) is 25.8 Å². The summed E-state index contributed by atoms with van der Waals surface area (Å²) in [6.45, 7) is 7.76. The first-order valence-corrected chi connectivity index (χ1v) is 10.3. The maximum Gasteiger partial charge on any atom is 0.224 e. The van der Waals surface area contributed by atoms with Crippen molar-refractivity contribution in [2.45, 2.75) is 58.6 Å². The van der Waals surface area contributed by atoms with Gasteiger partial charge in [0.15, 0.2) is 0 Å². The van der Waals surface area contributed by atoms with Crippen LogP contribution in [0.15, 0.2) is 12.1 Å². The average molecular weight is 365 g/mol. The zero-order valence-electron chi connectivity index (χ0n) is 15.5. The van der Waals surface area contributed by atoms with Gasteiger partial charge in [-0.25, -0.2) is 13.1 Å². The Morgan fingerprint density at radius 1 is 1.24 bits per heavy atom. The second-order valence-corrected chi connectivity index (χ2v) is 9.18. The normalized spacial score (nSPS) is 13.3. The van der Waals surface area contributed by atoms with E-state index < -0.39 is 15.3 Å². The van der Waals surface area contributed by atoms with Crippen LogP contribution < -0.4 is 10.0 Å². The predicted octanol–water partition coefficient (Wildman–Crippen LogP) is 3.31. The SMILES string of the molecule is Cc1cc(NC(=O)CCCCNS(=O)(=O)C(C)C)c(C)c2c1C=CC2. The van der Waals surface area contributed by atoms with Crippen LogP contribution in [0, 0.1) is 13.8 Å². The molecule has 0 saturated heterocycles. The first-order valence-electron chi connectivity index (χ1n) is 8.80. The van der Waals surface area contributed by atoms with Crippen LogP contribution in [0.5, 0.6) is 0 Å². The first kappa shape index (κ1) is 19.7. The van der Waals surface area contributed by atoms with Crippen LogP contribution in [0.1, 0.15) is 55.4 Å². The van der Waals surface area contributed by atoms with Crippen molar-refractivity contribution in [3.8, 4) is 0 Å². The Hall–Kier alpha value is -1.66. The molecule has 138 valence electrons. The van der Waals surface area contributed by atoms with Gasteiger partial charge in [0.2, 0.25) is 15.9 Å². The maximum absolute atomic E-state index is 12.2. The Morgan fingerprint density at radius 3 is 2.64 bits per heavy atom. The summed E-state index contributed by atoms with van der Waals surface area (Å²) < 4.78 is 25.8. The number of rotatable bonds is 8. The predicted molar refractivity (Wildman–Crippen MR) is 103 cm³/mol. The molecule has 6 heteroatoms. The summed E-state index contributed by atoms with van der Waals surface area (Å²) in [5.74, 6) is -0.0277. The number of anilines is 1. The van der Waals surface area contributed by atoms with E-state index in [4.69, 9.17) is 0 Å². The number of allylic oxidation sites excluding steroid dienone is 1. The lowest BCUT2D eigenvalue weighted by Crippen LogP contribution is -2.31. The van der Waals surface area contributed by atoms with E-state index in [1.807, 2.05) is 13.0 Å². The van der Waals surface area contributed by atoms with Gasteiger partial charge in [-0.15, -0.1) is 0 Å². The molecule has 0 radical (unpaired) electrons. The molecule has 0 fully saturated rings. The lowest BCUT2D eigenvalue weighted by Gasteiger charge is -2.15. The number of benzene rings is 1. The van der Waals surface area contributed by atoms with Crippen LogP contribution >= 0.6 is 0 Å². The molecule has 25 heavy (non-hydrogen) atoms. The third kappa shape index (κ3) is 4.92. The number of hydrogen-bond donors (Lipinski definition) is 2. The Morgan fingerprint density at radius 2 is 1.96 bits per heavy atom. The molecular formula is C19H28N2O3S. The minimum absolute atomic E-state index is 0.0277. The maximum atomic E-state index is 12.2.